The van der Waals surface area contributed by atoms with E-state index in [1.807, 2.05) is 47.2 Å². The summed E-state index contributed by atoms with van der Waals surface area (Å²) in [5.41, 5.74) is 1.94. The number of piperidine rings is 1. The van der Waals surface area contributed by atoms with Gasteiger partial charge in [-0.05, 0) is 55.2 Å². The zero-order valence-corrected chi connectivity index (χ0v) is 19.5. The number of rotatable bonds is 8. The van der Waals surface area contributed by atoms with Crippen LogP contribution >= 0.6 is 11.6 Å². The first-order chi connectivity index (χ1) is 15.4. The van der Waals surface area contributed by atoms with Crippen LogP contribution in [0, 0.1) is 0 Å². The molecule has 170 valence electrons. The third-order valence-corrected chi connectivity index (χ3v) is 8.21. The molecule has 0 aliphatic carbocycles. The van der Waals surface area contributed by atoms with Crippen molar-refractivity contribution in [2.75, 3.05) is 19.6 Å². The third kappa shape index (κ3) is 5.17. The minimum absolute atomic E-state index is 0.0248. The Kier molecular flexibility index (Phi) is 7.18. The predicted octanol–water partition coefficient (Wildman–Crippen LogP) is 4.22. The summed E-state index contributed by atoms with van der Waals surface area (Å²) in [5.74, 6) is -0.0248. The zero-order chi connectivity index (χ0) is 22.6. The Morgan fingerprint density at radius 1 is 1.03 bits per heavy atom. The maximum atomic E-state index is 12.9. The second-order valence-electron chi connectivity index (χ2n) is 8.14. The number of carbonyl (C=O) groups is 1. The van der Waals surface area contributed by atoms with E-state index >= 15 is 0 Å². The van der Waals surface area contributed by atoms with Crippen LogP contribution in [0.5, 0.6) is 0 Å². The van der Waals surface area contributed by atoms with E-state index in [4.69, 9.17) is 11.6 Å². The molecule has 0 bridgehead atoms. The number of nitrogens with zero attached hydrogens (tertiary/aromatic N) is 2. The van der Waals surface area contributed by atoms with Crippen molar-refractivity contribution >= 4 is 38.4 Å². The SMILES string of the molecule is O=C(CCn1ccc2cc(S(=O)(=O)N3CCCCC3)ccc21)NCCc1ccccc1Cl. The van der Waals surface area contributed by atoms with E-state index in [2.05, 4.69) is 5.32 Å². The Hall–Kier alpha value is -2.35. The van der Waals surface area contributed by atoms with Crippen LogP contribution in [0.15, 0.2) is 59.6 Å². The second-order valence-corrected chi connectivity index (χ2v) is 10.5. The smallest absolute Gasteiger partial charge is 0.243 e. The third-order valence-electron chi connectivity index (χ3n) is 5.95. The fourth-order valence-electron chi connectivity index (χ4n) is 4.14. The van der Waals surface area contributed by atoms with E-state index < -0.39 is 10.0 Å². The number of sulfonamides is 1. The van der Waals surface area contributed by atoms with Crippen LogP contribution in [-0.2, 0) is 27.8 Å². The molecular formula is C24H28ClN3O3S. The van der Waals surface area contributed by atoms with Crippen molar-refractivity contribution in [3.8, 4) is 0 Å². The summed E-state index contributed by atoms with van der Waals surface area (Å²) in [7, 11) is -3.46. The highest BCUT2D eigenvalue weighted by atomic mass is 35.5. The lowest BCUT2D eigenvalue weighted by atomic mass is 10.1. The largest absolute Gasteiger partial charge is 0.356 e. The van der Waals surface area contributed by atoms with Gasteiger partial charge in [0.2, 0.25) is 15.9 Å². The maximum absolute atomic E-state index is 12.9. The van der Waals surface area contributed by atoms with Gasteiger partial charge in [-0.3, -0.25) is 4.79 Å². The molecule has 8 heteroatoms. The van der Waals surface area contributed by atoms with Gasteiger partial charge in [0.25, 0.3) is 0 Å². The molecule has 1 N–H and O–H groups in total. The molecule has 0 atom stereocenters. The molecule has 3 aromatic rings. The number of amides is 1. The highest BCUT2D eigenvalue weighted by molar-refractivity contribution is 7.89. The van der Waals surface area contributed by atoms with Gasteiger partial charge in [0, 0.05) is 54.7 Å². The van der Waals surface area contributed by atoms with Gasteiger partial charge < -0.3 is 9.88 Å². The Morgan fingerprint density at radius 2 is 1.81 bits per heavy atom. The van der Waals surface area contributed by atoms with E-state index in [9.17, 15) is 13.2 Å². The van der Waals surface area contributed by atoms with E-state index in [1.54, 1.807) is 16.4 Å². The minimum Gasteiger partial charge on any atom is -0.356 e. The molecule has 2 heterocycles. The van der Waals surface area contributed by atoms with E-state index in [-0.39, 0.29) is 5.91 Å². The van der Waals surface area contributed by atoms with Gasteiger partial charge in [0.15, 0.2) is 0 Å². The minimum atomic E-state index is -3.46. The second kappa shape index (κ2) is 10.1. The number of halogens is 1. The number of benzene rings is 2. The molecule has 1 fully saturated rings. The van der Waals surface area contributed by atoms with Crippen molar-refractivity contribution in [1.29, 1.82) is 0 Å². The summed E-state index contributed by atoms with van der Waals surface area (Å²) in [4.78, 5) is 12.6. The molecule has 32 heavy (non-hydrogen) atoms. The van der Waals surface area contributed by atoms with Gasteiger partial charge >= 0.3 is 0 Å². The zero-order valence-electron chi connectivity index (χ0n) is 18.0. The number of aromatic nitrogens is 1. The van der Waals surface area contributed by atoms with Crippen molar-refractivity contribution in [3.05, 3.63) is 65.3 Å². The summed E-state index contributed by atoms with van der Waals surface area (Å²) in [6, 6.07) is 14.8. The average molecular weight is 474 g/mol. The van der Waals surface area contributed by atoms with Crippen LogP contribution in [0.3, 0.4) is 0 Å². The quantitative estimate of drug-likeness (QED) is 0.532. The Balaban J connectivity index is 1.35. The fraction of sp³-hybridized carbons (Fsp3) is 0.375. The lowest BCUT2D eigenvalue weighted by Gasteiger charge is -2.25. The van der Waals surface area contributed by atoms with Gasteiger partial charge in [-0.25, -0.2) is 8.42 Å². The molecule has 2 aromatic carbocycles. The van der Waals surface area contributed by atoms with Crippen molar-refractivity contribution < 1.29 is 13.2 Å². The van der Waals surface area contributed by atoms with Crippen molar-refractivity contribution in [3.63, 3.8) is 0 Å². The first kappa shape index (κ1) is 22.8. The summed E-state index contributed by atoms with van der Waals surface area (Å²) in [6.45, 7) is 2.24. The van der Waals surface area contributed by atoms with Crippen LogP contribution in [0.2, 0.25) is 5.02 Å². The highest BCUT2D eigenvalue weighted by Crippen LogP contribution is 2.25. The van der Waals surface area contributed by atoms with Crippen LogP contribution < -0.4 is 5.32 Å². The van der Waals surface area contributed by atoms with Crippen LogP contribution in [0.1, 0.15) is 31.2 Å². The van der Waals surface area contributed by atoms with E-state index in [0.717, 1.165) is 35.7 Å². The first-order valence-corrected chi connectivity index (χ1v) is 12.9. The molecular weight excluding hydrogens is 446 g/mol. The lowest BCUT2D eigenvalue weighted by Crippen LogP contribution is -2.35. The monoisotopic (exact) mass is 473 g/mol. The molecule has 1 aliphatic rings. The Morgan fingerprint density at radius 3 is 2.59 bits per heavy atom. The fourth-order valence-corrected chi connectivity index (χ4v) is 5.92. The van der Waals surface area contributed by atoms with Crippen LogP contribution in [-0.4, -0.2) is 42.8 Å². The molecule has 4 rings (SSSR count). The molecule has 1 aliphatic heterocycles. The van der Waals surface area contributed by atoms with Crippen molar-refractivity contribution in [2.24, 2.45) is 0 Å². The number of hydrogen-bond donors (Lipinski definition) is 1. The van der Waals surface area contributed by atoms with Gasteiger partial charge in [-0.2, -0.15) is 4.31 Å². The Labute approximate surface area is 194 Å². The number of hydrogen-bond acceptors (Lipinski definition) is 3. The van der Waals surface area contributed by atoms with Gasteiger partial charge in [-0.15, -0.1) is 0 Å². The number of aryl methyl sites for hydroxylation is 1. The molecule has 0 unspecified atom stereocenters. The predicted molar refractivity (Wildman–Crippen MR) is 127 cm³/mol. The van der Waals surface area contributed by atoms with Crippen molar-refractivity contribution in [2.45, 2.75) is 43.5 Å². The summed E-state index contributed by atoms with van der Waals surface area (Å²) in [5, 5.41) is 4.51. The molecule has 1 aromatic heterocycles. The summed E-state index contributed by atoms with van der Waals surface area (Å²) >= 11 is 6.15. The standard InChI is InChI=1S/C24H28ClN3O3S/c25-22-7-3-2-6-19(22)10-13-26-24(29)12-17-27-16-11-20-18-21(8-9-23(20)27)32(30,31)28-14-4-1-5-15-28/h2-3,6-9,11,16,18H,1,4-5,10,12-15,17H2,(H,26,29). The van der Waals surface area contributed by atoms with E-state index in [1.165, 1.54) is 0 Å². The van der Waals surface area contributed by atoms with Crippen molar-refractivity contribution in [1.82, 2.24) is 14.2 Å². The molecule has 0 spiro atoms. The summed E-state index contributed by atoms with van der Waals surface area (Å²) < 4.78 is 29.4. The Bertz CT molecular complexity index is 1200. The number of nitrogens with one attached hydrogen (secondary N) is 1. The molecule has 0 radical (unpaired) electrons. The first-order valence-electron chi connectivity index (χ1n) is 11.0. The molecule has 0 saturated carbocycles. The average Bonchev–Trinajstić information content (AvgIpc) is 3.22. The van der Waals surface area contributed by atoms with Gasteiger partial charge in [0.1, 0.15) is 0 Å². The van der Waals surface area contributed by atoms with Gasteiger partial charge in [0.05, 0.1) is 4.90 Å². The normalized spacial score (nSPS) is 15.2. The topological polar surface area (TPSA) is 71.4 Å². The number of carbonyl (C=O) groups excluding carboxylic acids is 1. The molecule has 1 amide bonds. The summed E-state index contributed by atoms with van der Waals surface area (Å²) in [6.07, 6.45) is 5.85. The highest BCUT2D eigenvalue weighted by Gasteiger charge is 2.26. The van der Waals surface area contributed by atoms with Crippen LogP contribution in [0.4, 0.5) is 0 Å². The van der Waals surface area contributed by atoms with Crippen LogP contribution in [0.25, 0.3) is 10.9 Å². The maximum Gasteiger partial charge on any atom is 0.243 e. The molecule has 1 saturated heterocycles. The van der Waals surface area contributed by atoms with E-state index in [0.29, 0.717) is 48.9 Å². The molecule has 6 nitrogen and oxygen atoms in total. The lowest BCUT2D eigenvalue weighted by molar-refractivity contribution is -0.121. The number of fused-ring (bicyclic) bond motifs is 1. The van der Waals surface area contributed by atoms with Gasteiger partial charge in [-0.1, -0.05) is 36.2 Å².